The van der Waals surface area contributed by atoms with Gasteiger partial charge in [-0.2, -0.15) is 0 Å². The lowest BCUT2D eigenvalue weighted by molar-refractivity contribution is -0.141. The first-order valence-corrected chi connectivity index (χ1v) is 7.34. The number of carboxylic acids is 2. The van der Waals surface area contributed by atoms with E-state index in [1.54, 1.807) is 32.0 Å². The number of carbonyl (C=O) groups is 2. The second kappa shape index (κ2) is 7.29. The predicted octanol–water partition coefficient (Wildman–Crippen LogP) is 3.34. The van der Waals surface area contributed by atoms with Crippen molar-refractivity contribution in [2.45, 2.75) is 39.5 Å². The van der Waals surface area contributed by atoms with Crippen molar-refractivity contribution in [2.75, 3.05) is 7.11 Å². The molecule has 1 aromatic rings. The third-order valence-corrected chi connectivity index (χ3v) is 3.83. The van der Waals surface area contributed by atoms with Gasteiger partial charge in [0.15, 0.2) is 0 Å². The van der Waals surface area contributed by atoms with Crippen molar-refractivity contribution in [3.8, 4) is 5.75 Å². The van der Waals surface area contributed by atoms with Crippen LogP contribution in [0.4, 0.5) is 0 Å². The fourth-order valence-corrected chi connectivity index (χ4v) is 2.86. The number of methoxy groups -OCH3 is 1. The Labute approximate surface area is 130 Å². The van der Waals surface area contributed by atoms with Crippen LogP contribution in [0.5, 0.6) is 5.75 Å². The molecule has 0 spiro atoms. The first-order chi connectivity index (χ1) is 10.2. The van der Waals surface area contributed by atoms with Crippen LogP contribution >= 0.6 is 0 Å². The van der Waals surface area contributed by atoms with E-state index >= 15 is 0 Å². The van der Waals surface area contributed by atoms with Gasteiger partial charge in [-0.3, -0.25) is 9.59 Å². The molecule has 22 heavy (non-hydrogen) atoms. The molecule has 0 heterocycles. The van der Waals surface area contributed by atoms with Gasteiger partial charge in [0.1, 0.15) is 5.75 Å². The van der Waals surface area contributed by atoms with Gasteiger partial charge in [0.25, 0.3) is 0 Å². The highest BCUT2D eigenvalue weighted by Gasteiger charge is 2.34. The first kappa shape index (κ1) is 18.0. The molecule has 0 aromatic heterocycles. The highest BCUT2D eigenvalue weighted by molar-refractivity contribution is 5.82. The molecule has 1 aromatic carbocycles. The molecule has 2 N–H and O–H groups in total. The van der Waals surface area contributed by atoms with Gasteiger partial charge in [-0.05, 0) is 23.5 Å². The largest absolute Gasteiger partial charge is 0.496 e. The van der Waals surface area contributed by atoms with E-state index < -0.39 is 23.8 Å². The molecule has 5 nitrogen and oxygen atoms in total. The zero-order valence-electron chi connectivity index (χ0n) is 13.7. The molecule has 5 heteroatoms. The van der Waals surface area contributed by atoms with Crippen molar-refractivity contribution in [2.24, 2.45) is 11.8 Å². The van der Waals surface area contributed by atoms with E-state index in [9.17, 15) is 19.8 Å². The van der Waals surface area contributed by atoms with Gasteiger partial charge >= 0.3 is 11.9 Å². The maximum atomic E-state index is 11.7. The van der Waals surface area contributed by atoms with Crippen LogP contribution in [-0.4, -0.2) is 29.3 Å². The first-order valence-electron chi connectivity index (χ1n) is 7.34. The maximum absolute atomic E-state index is 11.7. The standard InChI is InChI=1S/C17H24O5/c1-9(2)13(16(18)19)11-7-6-8-12(22-5)15(11)14(10(3)4)17(20)21/h6-10,13-14H,1-5H3,(H,18,19)(H,20,21). The van der Waals surface area contributed by atoms with E-state index in [1.807, 2.05) is 13.8 Å². The van der Waals surface area contributed by atoms with E-state index in [4.69, 9.17) is 4.74 Å². The van der Waals surface area contributed by atoms with E-state index in [0.717, 1.165) is 0 Å². The smallest absolute Gasteiger partial charge is 0.311 e. The van der Waals surface area contributed by atoms with Gasteiger partial charge in [0.2, 0.25) is 0 Å². The average Bonchev–Trinajstić information content (AvgIpc) is 2.38. The lowest BCUT2D eigenvalue weighted by Crippen LogP contribution is -2.25. The highest BCUT2D eigenvalue weighted by atomic mass is 16.5. The molecule has 0 amide bonds. The monoisotopic (exact) mass is 308 g/mol. The van der Waals surface area contributed by atoms with Gasteiger partial charge in [0.05, 0.1) is 18.9 Å². The molecule has 0 saturated carbocycles. The fraction of sp³-hybridized carbons (Fsp3) is 0.529. The van der Waals surface area contributed by atoms with Crippen molar-refractivity contribution < 1.29 is 24.5 Å². The fourth-order valence-electron chi connectivity index (χ4n) is 2.86. The number of ether oxygens (including phenoxy) is 1. The van der Waals surface area contributed by atoms with E-state index in [2.05, 4.69) is 0 Å². The Bertz CT molecular complexity index is 548. The zero-order valence-corrected chi connectivity index (χ0v) is 13.7. The summed E-state index contributed by atoms with van der Waals surface area (Å²) in [5.74, 6) is -3.45. The van der Waals surface area contributed by atoms with Crippen LogP contribution in [0.1, 0.15) is 50.7 Å². The molecule has 0 aliphatic carbocycles. The van der Waals surface area contributed by atoms with Gasteiger partial charge in [0, 0.05) is 5.56 Å². The molecule has 0 radical (unpaired) electrons. The van der Waals surface area contributed by atoms with Crippen LogP contribution < -0.4 is 4.74 Å². The van der Waals surface area contributed by atoms with Gasteiger partial charge in [-0.15, -0.1) is 0 Å². The van der Waals surface area contributed by atoms with Gasteiger partial charge < -0.3 is 14.9 Å². The molecule has 0 aliphatic heterocycles. The Morgan fingerprint density at radius 3 is 1.82 bits per heavy atom. The minimum atomic E-state index is -0.978. The van der Waals surface area contributed by atoms with Crippen molar-refractivity contribution >= 4 is 11.9 Å². The number of carboxylic acid groups (broad SMARTS) is 2. The summed E-state index contributed by atoms with van der Waals surface area (Å²) in [7, 11) is 1.47. The van der Waals surface area contributed by atoms with Gasteiger partial charge in [-0.25, -0.2) is 0 Å². The summed E-state index contributed by atoms with van der Waals surface area (Å²) >= 11 is 0. The summed E-state index contributed by atoms with van der Waals surface area (Å²) < 4.78 is 5.32. The number of aliphatic carboxylic acids is 2. The van der Waals surface area contributed by atoms with Gasteiger partial charge in [-0.1, -0.05) is 39.8 Å². The maximum Gasteiger partial charge on any atom is 0.311 e. The lowest BCUT2D eigenvalue weighted by Gasteiger charge is -2.26. The summed E-state index contributed by atoms with van der Waals surface area (Å²) in [5, 5.41) is 19.2. The van der Waals surface area contributed by atoms with Crippen molar-refractivity contribution in [1.29, 1.82) is 0 Å². The Morgan fingerprint density at radius 1 is 0.955 bits per heavy atom. The molecule has 0 aliphatic rings. The van der Waals surface area contributed by atoms with Crippen LogP contribution in [-0.2, 0) is 9.59 Å². The second-order valence-corrected chi connectivity index (χ2v) is 6.08. The molecule has 122 valence electrons. The SMILES string of the molecule is COc1cccc(C(C(=O)O)C(C)C)c1C(C(=O)O)C(C)C. The number of benzene rings is 1. The van der Waals surface area contributed by atoms with E-state index in [1.165, 1.54) is 7.11 Å². The summed E-state index contributed by atoms with van der Waals surface area (Å²) in [6.07, 6.45) is 0. The van der Waals surface area contributed by atoms with Crippen LogP contribution in [0.25, 0.3) is 0 Å². The van der Waals surface area contributed by atoms with Crippen LogP contribution in [0.2, 0.25) is 0 Å². The zero-order chi connectivity index (χ0) is 17.0. The molecule has 1 rings (SSSR count). The van der Waals surface area contributed by atoms with E-state index in [0.29, 0.717) is 16.9 Å². The lowest BCUT2D eigenvalue weighted by atomic mass is 9.78. The number of hydrogen-bond acceptors (Lipinski definition) is 3. The Morgan fingerprint density at radius 2 is 1.45 bits per heavy atom. The normalized spacial score (nSPS) is 14.0. The highest BCUT2D eigenvalue weighted by Crippen LogP contribution is 2.40. The molecule has 0 fully saturated rings. The molecular formula is C17H24O5. The van der Waals surface area contributed by atoms with Crippen molar-refractivity contribution in [3.05, 3.63) is 29.3 Å². The minimum Gasteiger partial charge on any atom is -0.496 e. The Hall–Kier alpha value is -2.04. The summed E-state index contributed by atoms with van der Waals surface area (Å²) in [6, 6.07) is 5.07. The summed E-state index contributed by atoms with van der Waals surface area (Å²) in [4.78, 5) is 23.4. The molecule has 2 unspecified atom stereocenters. The average molecular weight is 308 g/mol. The van der Waals surface area contributed by atoms with Crippen LogP contribution in [0, 0.1) is 11.8 Å². The molecule has 0 bridgehead atoms. The quantitative estimate of drug-likeness (QED) is 0.807. The van der Waals surface area contributed by atoms with Crippen molar-refractivity contribution in [3.63, 3.8) is 0 Å². The third-order valence-electron chi connectivity index (χ3n) is 3.83. The number of rotatable bonds is 7. The van der Waals surface area contributed by atoms with E-state index in [-0.39, 0.29) is 11.8 Å². The minimum absolute atomic E-state index is 0.162. The molecule has 2 atom stereocenters. The predicted molar refractivity (Wildman–Crippen MR) is 83.4 cm³/mol. The Kier molecular flexibility index (Phi) is 5.97. The third kappa shape index (κ3) is 3.59. The van der Waals surface area contributed by atoms with Crippen LogP contribution in [0.15, 0.2) is 18.2 Å². The number of hydrogen-bond donors (Lipinski definition) is 2. The topological polar surface area (TPSA) is 83.8 Å². The molecular weight excluding hydrogens is 284 g/mol. The second-order valence-electron chi connectivity index (χ2n) is 6.08. The molecule has 0 saturated heterocycles. The summed E-state index contributed by atoms with van der Waals surface area (Å²) in [6.45, 7) is 7.24. The Balaban J connectivity index is 3.65. The van der Waals surface area contributed by atoms with Crippen LogP contribution in [0.3, 0.4) is 0 Å². The van der Waals surface area contributed by atoms with Crippen molar-refractivity contribution in [1.82, 2.24) is 0 Å². The summed E-state index contributed by atoms with van der Waals surface area (Å²) in [5.41, 5.74) is 0.983.